The number of aryl methyl sites for hydroxylation is 1. The monoisotopic (exact) mass is 488 g/mol. The molecule has 192 valence electrons. The first-order valence-electron chi connectivity index (χ1n) is 13.2. The molecule has 0 unspecified atom stereocenters. The normalized spacial score (nSPS) is 15.5. The van der Waals surface area contributed by atoms with Gasteiger partial charge in [-0.05, 0) is 92.6 Å². The summed E-state index contributed by atoms with van der Waals surface area (Å²) in [5, 5.41) is 14.3. The molecular weight excluding hydrogens is 448 g/mol. The number of benzene rings is 3. The van der Waals surface area contributed by atoms with Gasteiger partial charge < -0.3 is 19.5 Å². The first kappa shape index (κ1) is 26.2. The van der Waals surface area contributed by atoms with E-state index in [9.17, 15) is 5.11 Å². The van der Waals surface area contributed by atoms with Crippen LogP contribution in [0.3, 0.4) is 0 Å². The highest BCUT2D eigenvalue weighted by Gasteiger charge is 2.20. The molecule has 1 heterocycles. The van der Waals surface area contributed by atoms with Gasteiger partial charge in [-0.2, -0.15) is 0 Å². The Bertz CT molecular complexity index is 1000. The van der Waals surface area contributed by atoms with Crippen LogP contribution in [-0.2, 0) is 19.4 Å². The number of rotatable bonds is 14. The molecule has 1 aliphatic rings. The minimum absolute atomic E-state index is 0.204. The lowest BCUT2D eigenvalue weighted by molar-refractivity contribution is 0.102. The summed E-state index contributed by atoms with van der Waals surface area (Å²) >= 11 is 0. The Labute approximate surface area is 216 Å². The van der Waals surface area contributed by atoms with Crippen LogP contribution in [0.25, 0.3) is 0 Å². The Morgan fingerprint density at radius 1 is 0.833 bits per heavy atom. The zero-order valence-corrected chi connectivity index (χ0v) is 21.4. The summed E-state index contributed by atoms with van der Waals surface area (Å²) < 4.78 is 11.2. The van der Waals surface area contributed by atoms with Crippen molar-refractivity contribution >= 4 is 0 Å². The van der Waals surface area contributed by atoms with Crippen LogP contribution in [0.1, 0.15) is 42.4 Å². The fourth-order valence-electron chi connectivity index (χ4n) is 4.85. The van der Waals surface area contributed by atoms with Crippen molar-refractivity contribution in [1.29, 1.82) is 0 Å². The first-order chi connectivity index (χ1) is 17.7. The van der Waals surface area contributed by atoms with Gasteiger partial charge in [0.25, 0.3) is 0 Å². The van der Waals surface area contributed by atoms with Crippen LogP contribution < -0.4 is 14.8 Å². The second kappa shape index (κ2) is 14.0. The number of likely N-dealkylation sites (tertiary alicyclic amines) is 1. The maximum Gasteiger partial charge on any atom is 0.119 e. The largest absolute Gasteiger partial charge is 0.497 e. The molecule has 1 saturated heterocycles. The average Bonchev–Trinajstić information content (AvgIpc) is 3.42. The van der Waals surface area contributed by atoms with Gasteiger partial charge in [-0.15, -0.1) is 0 Å². The zero-order chi connectivity index (χ0) is 25.0. The maximum atomic E-state index is 10.8. The van der Waals surface area contributed by atoms with E-state index in [0.717, 1.165) is 62.4 Å². The van der Waals surface area contributed by atoms with E-state index in [0.29, 0.717) is 6.61 Å². The van der Waals surface area contributed by atoms with Gasteiger partial charge in [-0.1, -0.05) is 54.6 Å². The molecule has 0 amide bonds. The Morgan fingerprint density at radius 2 is 1.50 bits per heavy atom. The van der Waals surface area contributed by atoms with Crippen molar-refractivity contribution in [3.63, 3.8) is 0 Å². The molecule has 5 nitrogen and oxygen atoms in total. The van der Waals surface area contributed by atoms with Gasteiger partial charge >= 0.3 is 0 Å². The van der Waals surface area contributed by atoms with Gasteiger partial charge in [0, 0.05) is 12.6 Å². The summed E-state index contributed by atoms with van der Waals surface area (Å²) in [7, 11) is 1.68. The molecule has 5 heteroatoms. The SMILES string of the molecule is COc1ccc(CCC[C@H](O)N[C@@H](Cc2ccc(OCc3ccccc3)cc2)CN2CCCC2)cc1. The van der Waals surface area contributed by atoms with Crippen LogP contribution >= 0.6 is 0 Å². The Hall–Kier alpha value is -2.86. The lowest BCUT2D eigenvalue weighted by Gasteiger charge is -2.27. The maximum absolute atomic E-state index is 10.8. The van der Waals surface area contributed by atoms with E-state index in [-0.39, 0.29) is 6.04 Å². The lowest BCUT2D eigenvalue weighted by Crippen LogP contribution is -2.46. The van der Waals surface area contributed by atoms with Crippen molar-refractivity contribution < 1.29 is 14.6 Å². The van der Waals surface area contributed by atoms with Crippen molar-refractivity contribution in [1.82, 2.24) is 10.2 Å². The average molecular weight is 489 g/mol. The highest BCUT2D eigenvalue weighted by Crippen LogP contribution is 2.18. The van der Waals surface area contributed by atoms with Crippen LogP contribution in [0.2, 0.25) is 0 Å². The van der Waals surface area contributed by atoms with Crippen molar-refractivity contribution in [2.24, 2.45) is 0 Å². The minimum Gasteiger partial charge on any atom is -0.497 e. The number of hydrogen-bond donors (Lipinski definition) is 2. The van der Waals surface area contributed by atoms with Gasteiger partial charge in [0.15, 0.2) is 0 Å². The first-order valence-corrected chi connectivity index (χ1v) is 13.2. The quantitative estimate of drug-likeness (QED) is 0.305. The minimum atomic E-state index is -0.510. The summed E-state index contributed by atoms with van der Waals surface area (Å²) in [4.78, 5) is 2.51. The number of methoxy groups -OCH3 is 1. The van der Waals surface area contributed by atoms with E-state index < -0.39 is 6.23 Å². The van der Waals surface area contributed by atoms with Crippen LogP contribution in [0.15, 0.2) is 78.9 Å². The number of aliphatic hydroxyl groups is 1. The molecule has 2 atom stereocenters. The van der Waals surface area contributed by atoms with Gasteiger partial charge in [0.2, 0.25) is 0 Å². The Kier molecular flexibility index (Phi) is 10.2. The summed E-state index contributed by atoms with van der Waals surface area (Å²) in [5.74, 6) is 1.76. The van der Waals surface area contributed by atoms with Crippen LogP contribution in [-0.4, -0.2) is 49.0 Å². The number of nitrogens with one attached hydrogen (secondary N) is 1. The second-order valence-corrected chi connectivity index (χ2v) is 9.75. The smallest absolute Gasteiger partial charge is 0.119 e. The van der Waals surface area contributed by atoms with E-state index in [1.165, 1.54) is 24.0 Å². The van der Waals surface area contributed by atoms with E-state index in [1.807, 2.05) is 30.3 Å². The standard InChI is InChI=1S/C31H40N2O3/c1-35-29-16-12-25(13-17-29)10-7-11-31(34)32-28(23-33-20-5-6-21-33)22-26-14-18-30(19-15-26)36-24-27-8-3-2-4-9-27/h2-4,8-9,12-19,28,31-32,34H,5-7,10-11,20-24H2,1H3/t28-,31-/m0/s1. The van der Waals surface area contributed by atoms with Crippen LogP contribution in [0.5, 0.6) is 11.5 Å². The van der Waals surface area contributed by atoms with Crippen LogP contribution in [0.4, 0.5) is 0 Å². The lowest BCUT2D eigenvalue weighted by atomic mass is 10.0. The fraction of sp³-hybridized carbons (Fsp3) is 0.419. The van der Waals surface area contributed by atoms with Gasteiger partial charge in [-0.25, -0.2) is 0 Å². The van der Waals surface area contributed by atoms with Crippen molar-refractivity contribution in [2.45, 2.75) is 57.4 Å². The molecule has 1 fully saturated rings. The summed E-state index contributed by atoms with van der Waals surface area (Å²) in [6.45, 7) is 3.83. The van der Waals surface area contributed by atoms with Crippen molar-refractivity contribution in [3.8, 4) is 11.5 Å². The Balaban J connectivity index is 1.27. The predicted molar refractivity (Wildman–Crippen MR) is 145 cm³/mol. The summed E-state index contributed by atoms with van der Waals surface area (Å²) in [6, 6.07) is 27.0. The molecule has 4 rings (SSSR count). The fourth-order valence-corrected chi connectivity index (χ4v) is 4.85. The number of hydrogen-bond acceptors (Lipinski definition) is 5. The van der Waals surface area contributed by atoms with Crippen LogP contribution in [0, 0.1) is 0 Å². The number of ether oxygens (including phenoxy) is 2. The van der Waals surface area contributed by atoms with E-state index >= 15 is 0 Å². The highest BCUT2D eigenvalue weighted by atomic mass is 16.5. The molecule has 3 aromatic rings. The summed E-state index contributed by atoms with van der Waals surface area (Å²) in [6.07, 6.45) is 5.52. The molecule has 1 aliphatic heterocycles. The highest BCUT2D eigenvalue weighted by molar-refractivity contribution is 5.29. The molecule has 0 radical (unpaired) electrons. The molecule has 0 aliphatic carbocycles. The number of aliphatic hydroxyl groups excluding tert-OH is 1. The second-order valence-electron chi connectivity index (χ2n) is 9.75. The predicted octanol–water partition coefficient (Wildman–Crippen LogP) is 5.21. The van der Waals surface area contributed by atoms with Gasteiger partial charge in [0.1, 0.15) is 24.3 Å². The molecule has 0 bridgehead atoms. The molecule has 0 saturated carbocycles. The third-order valence-electron chi connectivity index (χ3n) is 6.86. The molecule has 36 heavy (non-hydrogen) atoms. The third-order valence-corrected chi connectivity index (χ3v) is 6.86. The van der Waals surface area contributed by atoms with Crippen molar-refractivity contribution in [2.75, 3.05) is 26.7 Å². The summed E-state index contributed by atoms with van der Waals surface area (Å²) in [5.41, 5.74) is 3.69. The van der Waals surface area contributed by atoms with E-state index in [4.69, 9.17) is 9.47 Å². The molecule has 0 spiro atoms. The molecule has 3 aromatic carbocycles. The van der Waals surface area contributed by atoms with E-state index in [1.54, 1.807) is 7.11 Å². The molecular formula is C31H40N2O3. The topological polar surface area (TPSA) is 54.0 Å². The van der Waals surface area contributed by atoms with Gasteiger partial charge in [-0.3, -0.25) is 5.32 Å². The number of nitrogens with zero attached hydrogens (tertiary/aromatic N) is 1. The Morgan fingerprint density at radius 3 is 2.19 bits per heavy atom. The molecule has 2 N–H and O–H groups in total. The van der Waals surface area contributed by atoms with Gasteiger partial charge in [0.05, 0.1) is 7.11 Å². The molecule has 0 aromatic heterocycles. The van der Waals surface area contributed by atoms with E-state index in [2.05, 4.69) is 58.7 Å². The van der Waals surface area contributed by atoms with Crippen molar-refractivity contribution in [3.05, 3.63) is 95.6 Å². The zero-order valence-electron chi connectivity index (χ0n) is 21.4. The third kappa shape index (κ3) is 8.66.